The average molecular weight is 769 g/mol. The van der Waals surface area contributed by atoms with E-state index in [4.69, 9.17) is 14.2 Å². The van der Waals surface area contributed by atoms with Gasteiger partial charge in [-0.1, -0.05) is 36.1 Å². The fourth-order valence-electron chi connectivity index (χ4n) is 4.83. The van der Waals surface area contributed by atoms with Crippen LogP contribution in [0.3, 0.4) is 0 Å². The number of non-ortho nitro benzene ring substituents is 1. The number of halogens is 2. The van der Waals surface area contributed by atoms with E-state index in [1.54, 1.807) is 50.3 Å². The van der Waals surface area contributed by atoms with E-state index < -0.39 is 16.9 Å². The second-order valence-corrected chi connectivity index (χ2v) is 12.7. The number of nitro groups is 1. The Bertz CT molecular complexity index is 2010. The minimum Gasteiger partial charge on any atom is -0.490 e. The van der Waals surface area contributed by atoms with Gasteiger partial charge >= 0.3 is 5.97 Å². The minimum atomic E-state index is -0.750. The number of aromatic nitrogens is 1. The summed E-state index contributed by atoms with van der Waals surface area (Å²) in [5, 5.41) is 10.9. The van der Waals surface area contributed by atoms with Gasteiger partial charge in [-0.2, -0.15) is 0 Å². The number of carbonyl (C=O) groups is 1. The summed E-state index contributed by atoms with van der Waals surface area (Å²) in [6.07, 6.45) is 3.41. The molecule has 2 heterocycles. The molecule has 4 aromatic rings. The molecule has 10 nitrogen and oxygen atoms in total. The molecular formula is C33H27Br2N3O7S. The Morgan fingerprint density at radius 2 is 1.78 bits per heavy atom. The van der Waals surface area contributed by atoms with E-state index in [0.29, 0.717) is 58.8 Å². The number of allylic oxidation sites excluding steroid dienone is 1. The highest BCUT2D eigenvalue weighted by atomic mass is 79.9. The number of hydrogen-bond acceptors (Lipinski definition) is 9. The first-order chi connectivity index (χ1) is 22.1. The van der Waals surface area contributed by atoms with Crippen LogP contribution in [0.2, 0.25) is 0 Å². The normalized spacial score (nSPS) is 14.3. The van der Waals surface area contributed by atoms with Gasteiger partial charge < -0.3 is 14.2 Å². The van der Waals surface area contributed by atoms with Crippen LogP contribution in [0.4, 0.5) is 5.69 Å². The van der Waals surface area contributed by atoms with Crippen molar-refractivity contribution in [1.29, 1.82) is 0 Å². The SMILES string of the molecule is C=CCOc1ccc([C@H]2C(C(=O)OCC)=C(C)N=c3s/c(=C\c4cc(Br)c(OCc5ccc([N+](=O)[O-])cc5)c(Br)c4)c(=O)n32)cc1. The maximum absolute atomic E-state index is 14.0. The zero-order valence-corrected chi connectivity index (χ0v) is 28.7. The largest absolute Gasteiger partial charge is 0.490 e. The third-order valence-electron chi connectivity index (χ3n) is 6.93. The predicted molar refractivity (Wildman–Crippen MR) is 182 cm³/mol. The summed E-state index contributed by atoms with van der Waals surface area (Å²) >= 11 is 8.35. The van der Waals surface area contributed by atoms with Crippen LogP contribution >= 0.6 is 43.2 Å². The molecule has 1 aliphatic rings. The van der Waals surface area contributed by atoms with Gasteiger partial charge in [0.1, 0.15) is 24.7 Å². The van der Waals surface area contributed by atoms with Gasteiger partial charge in [0.15, 0.2) is 4.80 Å². The molecule has 0 N–H and O–H groups in total. The lowest BCUT2D eigenvalue weighted by Crippen LogP contribution is -2.39. The number of nitrogens with zero attached hydrogens (tertiary/aromatic N) is 3. The predicted octanol–water partition coefficient (Wildman–Crippen LogP) is 6.38. The molecule has 3 aromatic carbocycles. The van der Waals surface area contributed by atoms with E-state index >= 15 is 0 Å². The summed E-state index contributed by atoms with van der Waals surface area (Å²) < 4.78 is 20.2. The first-order valence-electron chi connectivity index (χ1n) is 14.0. The first kappa shape index (κ1) is 33.0. The van der Waals surface area contributed by atoms with Crippen LogP contribution in [0.1, 0.15) is 36.6 Å². The fraction of sp³-hybridized carbons (Fsp3) is 0.182. The summed E-state index contributed by atoms with van der Waals surface area (Å²) in [6, 6.07) is 16.2. The van der Waals surface area contributed by atoms with Gasteiger partial charge in [-0.15, -0.1) is 0 Å². The third kappa shape index (κ3) is 7.06. The monoisotopic (exact) mass is 767 g/mol. The van der Waals surface area contributed by atoms with E-state index in [2.05, 4.69) is 43.4 Å². The van der Waals surface area contributed by atoms with Gasteiger partial charge in [-0.25, -0.2) is 9.79 Å². The number of rotatable bonds is 11. The number of nitro benzene ring substituents is 1. The highest BCUT2D eigenvalue weighted by Gasteiger charge is 2.33. The van der Waals surface area contributed by atoms with Crippen molar-refractivity contribution in [2.45, 2.75) is 26.5 Å². The number of benzene rings is 3. The summed E-state index contributed by atoms with van der Waals surface area (Å²) in [6.45, 7) is 7.85. The number of hydrogen-bond donors (Lipinski definition) is 0. The molecule has 0 amide bonds. The molecule has 236 valence electrons. The lowest BCUT2D eigenvalue weighted by Gasteiger charge is -2.24. The van der Waals surface area contributed by atoms with E-state index in [-0.39, 0.29) is 24.5 Å². The Morgan fingerprint density at radius 1 is 1.11 bits per heavy atom. The van der Waals surface area contributed by atoms with Crippen LogP contribution in [-0.2, 0) is 16.1 Å². The van der Waals surface area contributed by atoms with Crippen LogP contribution in [0, 0.1) is 10.1 Å². The molecule has 13 heteroatoms. The second kappa shape index (κ2) is 14.4. The van der Waals surface area contributed by atoms with Crippen molar-refractivity contribution in [3.05, 3.63) is 140 Å². The third-order valence-corrected chi connectivity index (χ3v) is 9.09. The van der Waals surface area contributed by atoms with Crippen molar-refractivity contribution < 1.29 is 23.9 Å². The van der Waals surface area contributed by atoms with E-state index in [9.17, 15) is 19.7 Å². The molecule has 0 fully saturated rings. The molecule has 1 aromatic heterocycles. The number of fused-ring (bicyclic) bond motifs is 1. The van der Waals surface area contributed by atoms with Gasteiger partial charge in [0.2, 0.25) is 0 Å². The van der Waals surface area contributed by atoms with Crippen molar-refractivity contribution in [3.8, 4) is 11.5 Å². The molecule has 0 unspecified atom stereocenters. The summed E-state index contributed by atoms with van der Waals surface area (Å²) in [7, 11) is 0. The molecule has 0 saturated carbocycles. The average Bonchev–Trinajstić information content (AvgIpc) is 3.33. The standard InChI is InChI=1S/C33H27Br2N3O7S/c1-4-14-44-24-12-8-22(9-13-24)29-28(32(40)43-5-2)19(3)36-33-37(29)31(39)27(46-33)17-21-15-25(34)30(26(35)16-21)45-18-20-6-10-23(11-7-20)38(41)42/h4,6-13,15-17,29H,1,5,14,18H2,2-3H3/b27-17-/t29-/m0/s1. The van der Waals surface area contributed by atoms with Crippen molar-refractivity contribution in [2.75, 3.05) is 13.2 Å². The molecule has 1 aliphatic heterocycles. The molecule has 1 atom stereocenters. The van der Waals surface area contributed by atoms with Gasteiger partial charge in [-0.05, 0) is 105 Å². The van der Waals surface area contributed by atoms with E-state index in [0.717, 1.165) is 5.56 Å². The topological polar surface area (TPSA) is 122 Å². The maximum Gasteiger partial charge on any atom is 0.338 e. The molecule has 0 radical (unpaired) electrons. The minimum absolute atomic E-state index is 0.00565. The molecule has 46 heavy (non-hydrogen) atoms. The van der Waals surface area contributed by atoms with E-state index in [1.165, 1.54) is 28.0 Å². The van der Waals surface area contributed by atoms with Crippen LogP contribution in [0.15, 0.2) is 103 Å². The van der Waals surface area contributed by atoms with Crippen LogP contribution in [-0.4, -0.2) is 28.7 Å². The van der Waals surface area contributed by atoms with Crippen molar-refractivity contribution >= 4 is 60.9 Å². The molecule has 0 spiro atoms. The highest BCUT2D eigenvalue weighted by molar-refractivity contribution is 9.11. The molecule has 5 rings (SSSR count). The zero-order chi connectivity index (χ0) is 33.0. The Labute approximate surface area is 284 Å². The Kier molecular flexibility index (Phi) is 10.3. The van der Waals surface area contributed by atoms with Crippen LogP contribution in [0.25, 0.3) is 6.08 Å². The summed E-state index contributed by atoms with van der Waals surface area (Å²) in [5.74, 6) is 0.630. The molecule has 0 aliphatic carbocycles. The summed E-state index contributed by atoms with van der Waals surface area (Å²) in [4.78, 5) is 42.7. The number of carbonyl (C=O) groups excluding carboxylic acids is 1. The van der Waals surface area contributed by atoms with Gasteiger partial charge in [-0.3, -0.25) is 19.5 Å². The number of esters is 1. The summed E-state index contributed by atoms with van der Waals surface area (Å²) in [5.41, 5.74) is 2.65. The number of thiazole rings is 1. The van der Waals surface area contributed by atoms with Gasteiger partial charge in [0.25, 0.3) is 11.2 Å². The zero-order valence-electron chi connectivity index (χ0n) is 24.7. The van der Waals surface area contributed by atoms with Crippen LogP contribution in [0.5, 0.6) is 11.5 Å². The van der Waals surface area contributed by atoms with E-state index in [1.807, 2.05) is 24.3 Å². The van der Waals surface area contributed by atoms with Crippen molar-refractivity contribution in [2.24, 2.45) is 4.99 Å². The lowest BCUT2D eigenvalue weighted by molar-refractivity contribution is -0.384. The highest BCUT2D eigenvalue weighted by Crippen LogP contribution is 2.36. The van der Waals surface area contributed by atoms with Gasteiger partial charge in [0.05, 0.1) is 42.3 Å². The Hall–Kier alpha value is -4.33. The Balaban J connectivity index is 1.50. The number of ether oxygens (including phenoxy) is 3. The first-order valence-corrected chi connectivity index (χ1v) is 16.4. The molecular weight excluding hydrogens is 742 g/mol. The smallest absolute Gasteiger partial charge is 0.338 e. The maximum atomic E-state index is 14.0. The quantitative estimate of drug-likeness (QED) is 0.0752. The lowest BCUT2D eigenvalue weighted by atomic mass is 9.96. The molecule has 0 saturated heterocycles. The fourth-order valence-corrected chi connectivity index (χ4v) is 7.33. The van der Waals surface area contributed by atoms with Crippen molar-refractivity contribution in [1.82, 2.24) is 4.57 Å². The van der Waals surface area contributed by atoms with Gasteiger partial charge in [0, 0.05) is 12.1 Å². The second-order valence-electron chi connectivity index (χ2n) is 10.00. The van der Waals surface area contributed by atoms with Crippen LogP contribution < -0.4 is 24.4 Å². The molecule has 0 bridgehead atoms. The Morgan fingerprint density at radius 3 is 2.39 bits per heavy atom. The van der Waals surface area contributed by atoms with Crippen molar-refractivity contribution in [3.63, 3.8) is 0 Å².